The van der Waals surface area contributed by atoms with Gasteiger partial charge in [0.25, 0.3) is 10.0 Å². The third-order valence-corrected chi connectivity index (χ3v) is 5.16. The first-order valence-electron chi connectivity index (χ1n) is 5.53. The lowest BCUT2D eigenvalue weighted by Crippen LogP contribution is -2.44. The fraction of sp³-hybridized carbons (Fsp3) is 0.600. The molecule has 1 fully saturated rings. The first kappa shape index (κ1) is 14.9. The zero-order chi connectivity index (χ0) is 14.3. The number of hydrogen-bond acceptors (Lipinski definition) is 3. The van der Waals surface area contributed by atoms with Crippen LogP contribution in [0.4, 0.5) is 13.2 Å². The lowest BCUT2D eigenvalue weighted by atomic mass is 9.99. The maximum Gasteiger partial charge on any atom is 0.393 e. The summed E-state index contributed by atoms with van der Waals surface area (Å²) in [4.78, 5) is 0. The van der Waals surface area contributed by atoms with Crippen LogP contribution in [0.5, 0.6) is 0 Å². The van der Waals surface area contributed by atoms with Gasteiger partial charge in [-0.15, -0.1) is 0 Å². The molecular weight excluding hydrogens is 351 g/mol. The zero-order valence-corrected chi connectivity index (χ0v) is 12.1. The van der Waals surface area contributed by atoms with E-state index in [1.165, 1.54) is 12.1 Å². The van der Waals surface area contributed by atoms with Crippen LogP contribution >= 0.6 is 15.9 Å². The van der Waals surface area contributed by atoms with E-state index in [2.05, 4.69) is 15.9 Å². The number of furan rings is 1. The largest absolute Gasteiger partial charge is 0.437 e. The molecule has 4 nitrogen and oxygen atoms in total. The van der Waals surface area contributed by atoms with Crippen molar-refractivity contribution in [3.63, 3.8) is 0 Å². The lowest BCUT2D eigenvalue weighted by Gasteiger charge is -2.32. The fourth-order valence-corrected chi connectivity index (χ4v) is 3.84. The third-order valence-electron chi connectivity index (χ3n) is 2.99. The Balaban J connectivity index is 2.22. The maximum atomic E-state index is 12.7. The van der Waals surface area contributed by atoms with E-state index in [1.54, 1.807) is 0 Å². The molecule has 1 unspecified atom stereocenters. The van der Waals surface area contributed by atoms with E-state index < -0.39 is 28.7 Å². The van der Waals surface area contributed by atoms with Gasteiger partial charge in [-0.2, -0.15) is 17.5 Å². The van der Waals surface area contributed by atoms with Crippen LogP contribution in [0.3, 0.4) is 0 Å². The van der Waals surface area contributed by atoms with E-state index >= 15 is 0 Å². The van der Waals surface area contributed by atoms with Gasteiger partial charge in [-0.05, 0) is 40.9 Å². The highest BCUT2D eigenvalue weighted by molar-refractivity contribution is 9.10. The highest BCUT2D eigenvalue weighted by atomic mass is 79.9. The minimum atomic E-state index is -4.38. The van der Waals surface area contributed by atoms with Gasteiger partial charge in [0.1, 0.15) is 0 Å². The summed E-state index contributed by atoms with van der Waals surface area (Å²) in [6.07, 6.45) is -4.24. The van der Waals surface area contributed by atoms with Crippen molar-refractivity contribution in [2.24, 2.45) is 5.92 Å². The molecule has 0 spiro atoms. The fourth-order valence-electron chi connectivity index (χ4n) is 1.99. The molecule has 1 aromatic rings. The molecule has 1 saturated heterocycles. The molecule has 0 saturated carbocycles. The molecule has 0 bridgehead atoms. The van der Waals surface area contributed by atoms with Gasteiger partial charge in [-0.3, -0.25) is 0 Å². The van der Waals surface area contributed by atoms with Gasteiger partial charge >= 0.3 is 6.18 Å². The van der Waals surface area contributed by atoms with Crippen LogP contribution in [-0.4, -0.2) is 32.0 Å². The Morgan fingerprint density at radius 3 is 2.58 bits per heavy atom. The van der Waals surface area contributed by atoms with Crippen LogP contribution < -0.4 is 0 Å². The van der Waals surface area contributed by atoms with Crippen molar-refractivity contribution in [3.8, 4) is 0 Å². The molecule has 0 N–H and O–H groups in total. The molecular formula is C10H11BrF3NO3S. The van der Waals surface area contributed by atoms with Gasteiger partial charge in [-0.25, -0.2) is 8.42 Å². The number of hydrogen-bond donors (Lipinski definition) is 0. The minimum Gasteiger partial charge on any atom is -0.437 e. The Kier molecular flexibility index (Phi) is 3.99. The van der Waals surface area contributed by atoms with Gasteiger partial charge in [0.15, 0.2) is 4.67 Å². The van der Waals surface area contributed by atoms with Crippen molar-refractivity contribution in [3.05, 3.63) is 16.8 Å². The van der Waals surface area contributed by atoms with Gasteiger partial charge in [0.2, 0.25) is 5.09 Å². The average Bonchev–Trinajstić information content (AvgIpc) is 2.76. The van der Waals surface area contributed by atoms with Crippen molar-refractivity contribution in [2.45, 2.75) is 24.1 Å². The molecule has 1 aliphatic heterocycles. The van der Waals surface area contributed by atoms with Gasteiger partial charge < -0.3 is 4.42 Å². The first-order chi connectivity index (χ1) is 8.71. The lowest BCUT2D eigenvalue weighted by molar-refractivity contribution is -0.182. The maximum absolute atomic E-state index is 12.7. The van der Waals surface area contributed by atoms with Crippen LogP contribution in [0.15, 0.2) is 26.3 Å². The first-order valence-corrected chi connectivity index (χ1v) is 7.77. The van der Waals surface area contributed by atoms with Crippen molar-refractivity contribution < 1.29 is 26.0 Å². The number of nitrogens with zero attached hydrogens (tertiary/aromatic N) is 1. The molecule has 19 heavy (non-hydrogen) atoms. The monoisotopic (exact) mass is 361 g/mol. The average molecular weight is 362 g/mol. The number of rotatable bonds is 2. The van der Waals surface area contributed by atoms with Crippen molar-refractivity contribution >= 4 is 26.0 Å². The molecule has 1 atom stereocenters. The van der Waals surface area contributed by atoms with E-state index in [1.807, 2.05) is 0 Å². The van der Waals surface area contributed by atoms with Crippen molar-refractivity contribution in [1.82, 2.24) is 4.31 Å². The molecule has 0 amide bonds. The van der Waals surface area contributed by atoms with Gasteiger partial charge in [0.05, 0.1) is 5.92 Å². The summed E-state index contributed by atoms with van der Waals surface area (Å²) in [5, 5.41) is -0.345. The normalized spacial score (nSPS) is 22.6. The highest BCUT2D eigenvalue weighted by Crippen LogP contribution is 2.35. The number of alkyl halides is 3. The highest BCUT2D eigenvalue weighted by Gasteiger charge is 2.44. The van der Waals surface area contributed by atoms with Gasteiger partial charge in [-0.1, -0.05) is 0 Å². The Morgan fingerprint density at radius 2 is 2.05 bits per heavy atom. The molecule has 1 aromatic heterocycles. The number of halogens is 4. The summed E-state index contributed by atoms with van der Waals surface area (Å²) in [5.41, 5.74) is 0. The van der Waals surface area contributed by atoms with E-state index in [9.17, 15) is 21.6 Å². The van der Waals surface area contributed by atoms with Crippen molar-refractivity contribution in [2.75, 3.05) is 13.1 Å². The van der Waals surface area contributed by atoms with E-state index in [0.29, 0.717) is 0 Å². The standard InChI is InChI=1S/C10H11BrF3NO3S/c11-8-3-4-9(18-8)19(16,17)15-5-1-2-7(6-15)10(12,13)14/h3-4,7H,1-2,5-6H2. The molecule has 0 aromatic carbocycles. The number of sulfonamides is 1. The summed E-state index contributed by atoms with van der Waals surface area (Å²) >= 11 is 2.96. The van der Waals surface area contributed by atoms with Crippen LogP contribution in [0, 0.1) is 5.92 Å². The molecule has 1 aliphatic rings. The molecule has 9 heteroatoms. The summed E-state index contributed by atoms with van der Waals surface area (Å²) in [7, 11) is -4.00. The third kappa shape index (κ3) is 3.14. The Bertz CT molecular complexity index is 555. The van der Waals surface area contributed by atoms with Crippen LogP contribution in [0.25, 0.3) is 0 Å². The number of piperidine rings is 1. The second kappa shape index (κ2) is 5.10. The Labute approximate surface area is 116 Å². The molecule has 0 aliphatic carbocycles. The SMILES string of the molecule is O=S(=O)(c1ccc(Br)o1)N1CCCC(C(F)(F)F)C1. The Hall–Kier alpha value is -0.540. The summed E-state index contributed by atoms with van der Waals surface area (Å²) in [6.45, 7) is -0.475. The van der Waals surface area contributed by atoms with Crippen LogP contribution in [0.2, 0.25) is 0 Å². The smallest absolute Gasteiger partial charge is 0.393 e. The molecule has 2 heterocycles. The second-order valence-corrected chi connectivity index (χ2v) is 6.95. The van der Waals surface area contributed by atoms with E-state index in [-0.39, 0.29) is 29.1 Å². The Morgan fingerprint density at radius 1 is 1.37 bits per heavy atom. The topological polar surface area (TPSA) is 50.5 Å². The summed E-state index contributed by atoms with van der Waals surface area (Å²) in [5.74, 6) is -1.62. The molecule has 108 valence electrons. The van der Waals surface area contributed by atoms with E-state index in [4.69, 9.17) is 4.42 Å². The molecule has 2 rings (SSSR count). The predicted molar refractivity (Wildman–Crippen MR) is 63.9 cm³/mol. The predicted octanol–water partition coefficient (Wildman–Crippen LogP) is 3.01. The van der Waals surface area contributed by atoms with Crippen LogP contribution in [-0.2, 0) is 10.0 Å². The van der Waals surface area contributed by atoms with Gasteiger partial charge in [0, 0.05) is 13.1 Å². The zero-order valence-electron chi connectivity index (χ0n) is 9.65. The minimum absolute atomic E-state index is 0.0443. The summed E-state index contributed by atoms with van der Waals surface area (Å²) < 4.78 is 68.2. The molecule has 0 radical (unpaired) electrons. The summed E-state index contributed by atoms with van der Waals surface area (Å²) in [6, 6.07) is 2.61. The quantitative estimate of drug-likeness (QED) is 0.813. The van der Waals surface area contributed by atoms with Crippen molar-refractivity contribution in [1.29, 1.82) is 0 Å². The van der Waals surface area contributed by atoms with E-state index in [0.717, 1.165) is 4.31 Å². The van der Waals surface area contributed by atoms with Crippen LogP contribution in [0.1, 0.15) is 12.8 Å². The second-order valence-electron chi connectivity index (χ2n) is 4.30.